The van der Waals surface area contributed by atoms with E-state index in [-0.39, 0.29) is 12.4 Å². The Bertz CT molecular complexity index is 211. The molecule has 0 aliphatic rings. The normalized spacial score (nSPS) is 9.17. The third-order valence-electron chi connectivity index (χ3n) is 1.37. The minimum absolute atomic E-state index is 0. The largest absolute Gasteiger partial charge is 0.313 e. The third-order valence-corrected chi connectivity index (χ3v) is 1.59. The van der Waals surface area contributed by atoms with Crippen LogP contribution in [0.15, 0.2) is 18.3 Å². The summed E-state index contributed by atoms with van der Waals surface area (Å²) in [5, 5.41) is 3.75. The van der Waals surface area contributed by atoms with Crippen molar-refractivity contribution in [2.45, 2.75) is 13.5 Å². The Hall–Kier alpha value is -0.310. The number of hydrogen-bond acceptors (Lipinski definition) is 2. The van der Waals surface area contributed by atoms with E-state index >= 15 is 0 Å². The van der Waals surface area contributed by atoms with E-state index < -0.39 is 0 Å². The predicted molar refractivity (Wildman–Crippen MR) is 53.9 cm³/mol. The second-order valence-electron chi connectivity index (χ2n) is 2.27. The molecule has 0 saturated carbocycles. The zero-order valence-electron chi connectivity index (χ0n) is 6.88. The molecule has 0 spiro atoms. The van der Waals surface area contributed by atoms with Crippen molar-refractivity contribution in [1.29, 1.82) is 0 Å². The Balaban J connectivity index is 0.00000121. The van der Waals surface area contributed by atoms with E-state index in [1.165, 1.54) is 0 Å². The van der Waals surface area contributed by atoms with Gasteiger partial charge in [-0.2, -0.15) is 0 Å². The Morgan fingerprint density at radius 2 is 2.25 bits per heavy atom. The second kappa shape index (κ2) is 6.23. The van der Waals surface area contributed by atoms with Crippen molar-refractivity contribution >= 4 is 24.0 Å². The molecule has 1 aromatic rings. The van der Waals surface area contributed by atoms with Gasteiger partial charge < -0.3 is 5.32 Å². The van der Waals surface area contributed by atoms with Gasteiger partial charge in [-0.05, 0) is 18.2 Å². The molecule has 1 aromatic heterocycles. The van der Waals surface area contributed by atoms with Crippen molar-refractivity contribution in [3.05, 3.63) is 29.0 Å². The highest BCUT2D eigenvalue weighted by atomic mass is 35.5. The smallest absolute Gasteiger partial charge is 0.129 e. The molecule has 12 heavy (non-hydrogen) atoms. The van der Waals surface area contributed by atoms with Gasteiger partial charge in [0.25, 0.3) is 0 Å². The first-order valence-electron chi connectivity index (χ1n) is 3.64. The van der Waals surface area contributed by atoms with Gasteiger partial charge >= 0.3 is 0 Å². The summed E-state index contributed by atoms with van der Waals surface area (Å²) < 4.78 is 0. The number of nitrogens with zero attached hydrogens (tertiary/aromatic N) is 1. The van der Waals surface area contributed by atoms with Crippen LogP contribution in [0, 0.1) is 0 Å². The third kappa shape index (κ3) is 3.90. The maximum atomic E-state index is 5.61. The Morgan fingerprint density at radius 3 is 2.75 bits per heavy atom. The van der Waals surface area contributed by atoms with E-state index in [0.717, 1.165) is 18.7 Å². The maximum Gasteiger partial charge on any atom is 0.129 e. The summed E-state index contributed by atoms with van der Waals surface area (Å²) >= 11 is 5.61. The van der Waals surface area contributed by atoms with Gasteiger partial charge in [0, 0.05) is 12.7 Å². The number of pyridine rings is 1. The summed E-state index contributed by atoms with van der Waals surface area (Å²) in [5.74, 6) is 0. The molecule has 0 saturated heterocycles. The standard InChI is InChI=1S/C8H11ClN2.ClH/c1-2-10-5-7-3-4-8(9)11-6-7;/h3-4,6,10H,2,5H2,1H3;1H. The Morgan fingerprint density at radius 1 is 1.50 bits per heavy atom. The lowest BCUT2D eigenvalue weighted by molar-refractivity contribution is 0.724. The van der Waals surface area contributed by atoms with Crippen LogP contribution in [0.3, 0.4) is 0 Å². The Labute approximate surface area is 83.8 Å². The maximum absolute atomic E-state index is 5.61. The lowest BCUT2D eigenvalue weighted by atomic mass is 10.3. The van der Waals surface area contributed by atoms with Crippen LogP contribution < -0.4 is 5.32 Å². The molecule has 0 unspecified atom stereocenters. The molecular formula is C8H12Cl2N2. The van der Waals surface area contributed by atoms with Crippen LogP contribution in [-0.2, 0) is 6.54 Å². The first-order valence-corrected chi connectivity index (χ1v) is 4.02. The van der Waals surface area contributed by atoms with Crippen molar-refractivity contribution in [2.75, 3.05) is 6.54 Å². The van der Waals surface area contributed by atoms with E-state index in [4.69, 9.17) is 11.6 Å². The van der Waals surface area contributed by atoms with E-state index in [1.807, 2.05) is 6.07 Å². The predicted octanol–water partition coefficient (Wildman–Crippen LogP) is 2.27. The van der Waals surface area contributed by atoms with Gasteiger partial charge in [-0.25, -0.2) is 4.98 Å². The van der Waals surface area contributed by atoms with Crippen molar-refractivity contribution in [3.8, 4) is 0 Å². The van der Waals surface area contributed by atoms with Crippen LogP contribution in [0.1, 0.15) is 12.5 Å². The van der Waals surface area contributed by atoms with Gasteiger partial charge in [-0.15, -0.1) is 12.4 Å². The molecule has 0 radical (unpaired) electrons. The average Bonchev–Trinajstić information content (AvgIpc) is 2.04. The molecule has 1 N–H and O–H groups in total. The topological polar surface area (TPSA) is 24.9 Å². The van der Waals surface area contributed by atoms with Crippen molar-refractivity contribution in [2.24, 2.45) is 0 Å². The van der Waals surface area contributed by atoms with Crippen LogP contribution in [0.2, 0.25) is 5.15 Å². The fourth-order valence-corrected chi connectivity index (χ4v) is 0.892. The number of hydrogen-bond donors (Lipinski definition) is 1. The zero-order chi connectivity index (χ0) is 8.10. The number of halogens is 2. The van der Waals surface area contributed by atoms with Gasteiger partial charge in [-0.3, -0.25) is 0 Å². The molecule has 0 fully saturated rings. The summed E-state index contributed by atoms with van der Waals surface area (Å²) in [6.07, 6.45) is 1.78. The SMILES string of the molecule is CCNCc1ccc(Cl)nc1.Cl. The molecule has 4 heteroatoms. The van der Waals surface area contributed by atoms with Crippen LogP contribution in [0.25, 0.3) is 0 Å². The molecule has 0 amide bonds. The zero-order valence-corrected chi connectivity index (χ0v) is 8.45. The first-order chi connectivity index (χ1) is 5.33. The molecule has 0 atom stereocenters. The van der Waals surface area contributed by atoms with Gasteiger partial charge in [0.05, 0.1) is 0 Å². The molecule has 68 valence electrons. The highest BCUT2D eigenvalue weighted by Crippen LogP contribution is 2.04. The fourth-order valence-electron chi connectivity index (χ4n) is 0.780. The average molecular weight is 207 g/mol. The molecule has 1 rings (SSSR count). The second-order valence-corrected chi connectivity index (χ2v) is 2.66. The quantitative estimate of drug-likeness (QED) is 0.769. The molecule has 0 aliphatic carbocycles. The highest BCUT2D eigenvalue weighted by Gasteiger charge is 1.91. The van der Waals surface area contributed by atoms with Crippen LogP contribution in [0.4, 0.5) is 0 Å². The fraction of sp³-hybridized carbons (Fsp3) is 0.375. The van der Waals surface area contributed by atoms with Gasteiger partial charge in [-0.1, -0.05) is 24.6 Å². The lowest BCUT2D eigenvalue weighted by Crippen LogP contribution is -2.11. The number of nitrogens with one attached hydrogen (secondary N) is 1. The number of aromatic nitrogens is 1. The molecule has 0 bridgehead atoms. The lowest BCUT2D eigenvalue weighted by Gasteiger charge is -1.99. The molecule has 0 aliphatic heterocycles. The highest BCUT2D eigenvalue weighted by molar-refractivity contribution is 6.29. The van der Waals surface area contributed by atoms with Crippen LogP contribution in [-0.4, -0.2) is 11.5 Å². The summed E-state index contributed by atoms with van der Waals surface area (Å²) in [4.78, 5) is 3.96. The minimum atomic E-state index is 0. The van der Waals surface area contributed by atoms with E-state index in [2.05, 4.69) is 17.2 Å². The molecular weight excluding hydrogens is 195 g/mol. The van der Waals surface area contributed by atoms with E-state index in [0.29, 0.717) is 5.15 Å². The monoisotopic (exact) mass is 206 g/mol. The van der Waals surface area contributed by atoms with E-state index in [1.54, 1.807) is 12.3 Å². The summed E-state index contributed by atoms with van der Waals surface area (Å²) in [7, 11) is 0. The molecule has 2 nitrogen and oxygen atoms in total. The summed E-state index contributed by atoms with van der Waals surface area (Å²) in [5.41, 5.74) is 1.16. The van der Waals surface area contributed by atoms with Crippen LogP contribution in [0.5, 0.6) is 0 Å². The van der Waals surface area contributed by atoms with Crippen molar-refractivity contribution in [1.82, 2.24) is 10.3 Å². The minimum Gasteiger partial charge on any atom is -0.313 e. The summed E-state index contributed by atoms with van der Waals surface area (Å²) in [6.45, 7) is 3.91. The Kier molecular flexibility index (Phi) is 6.07. The summed E-state index contributed by atoms with van der Waals surface area (Å²) in [6, 6.07) is 3.77. The van der Waals surface area contributed by atoms with Gasteiger partial charge in [0.2, 0.25) is 0 Å². The van der Waals surface area contributed by atoms with Gasteiger partial charge in [0.1, 0.15) is 5.15 Å². The molecule has 0 aromatic carbocycles. The van der Waals surface area contributed by atoms with Crippen LogP contribution >= 0.6 is 24.0 Å². The first kappa shape index (κ1) is 11.7. The van der Waals surface area contributed by atoms with E-state index in [9.17, 15) is 0 Å². The van der Waals surface area contributed by atoms with Gasteiger partial charge in [0.15, 0.2) is 0 Å². The molecule has 1 heterocycles. The van der Waals surface area contributed by atoms with Crippen molar-refractivity contribution in [3.63, 3.8) is 0 Å². The van der Waals surface area contributed by atoms with Crippen molar-refractivity contribution < 1.29 is 0 Å². The number of rotatable bonds is 3.